The van der Waals surface area contributed by atoms with E-state index in [1.54, 1.807) is 7.11 Å². The van der Waals surface area contributed by atoms with Crippen LogP contribution in [0, 0.1) is 0 Å². The number of carbonyl (C=O) groups is 1. The second-order valence-electron chi connectivity index (χ2n) is 3.82. The summed E-state index contributed by atoms with van der Waals surface area (Å²) in [7, 11) is -2.26. The van der Waals surface area contributed by atoms with Crippen LogP contribution in [0.4, 0.5) is 0 Å². The molecule has 0 aliphatic rings. The van der Waals surface area contributed by atoms with Crippen LogP contribution in [0.3, 0.4) is 0 Å². The van der Waals surface area contributed by atoms with Gasteiger partial charge in [0.05, 0.1) is 4.90 Å². The predicted octanol–water partition coefficient (Wildman–Crippen LogP) is 0.863. The van der Waals surface area contributed by atoms with E-state index in [-0.39, 0.29) is 16.4 Å². The lowest BCUT2D eigenvalue weighted by atomic mass is 10.2. The van der Waals surface area contributed by atoms with Crippen molar-refractivity contribution in [1.29, 1.82) is 0 Å². The maximum Gasteiger partial charge on any atom is 0.251 e. The number of ether oxygens (including phenoxy) is 1. The van der Waals surface area contributed by atoms with Gasteiger partial charge in [-0.3, -0.25) is 4.79 Å². The Bertz CT molecular complexity index is 560. The van der Waals surface area contributed by atoms with Crippen LogP contribution in [0.25, 0.3) is 0 Å². The number of sulfonamides is 1. The van der Waals surface area contributed by atoms with Crippen molar-refractivity contribution in [3.05, 3.63) is 28.2 Å². The maximum atomic E-state index is 11.8. The second-order valence-corrected chi connectivity index (χ2v) is 6.30. The molecule has 0 fully saturated rings. The number of amides is 1. The van der Waals surface area contributed by atoms with Crippen LogP contribution in [-0.2, 0) is 14.8 Å². The molecular weight excluding hydrogens is 336 g/mol. The van der Waals surface area contributed by atoms with Gasteiger partial charge in [0.2, 0.25) is 10.0 Å². The smallest absolute Gasteiger partial charge is 0.251 e. The molecule has 0 radical (unpaired) electrons. The van der Waals surface area contributed by atoms with Crippen molar-refractivity contribution in [2.75, 3.05) is 20.3 Å². The summed E-state index contributed by atoms with van der Waals surface area (Å²) in [5.74, 6) is -0.359. The Balaban J connectivity index is 2.83. The van der Waals surface area contributed by atoms with Gasteiger partial charge < -0.3 is 10.1 Å². The Morgan fingerprint density at radius 1 is 1.42 bits per heavy atom. The molecule has 1 aromatic rings. The Kier molecular flexibility index (Phi) is 5.92. The summed E-state index contributed by atoms with van der Waals surface area (Å²) in [6.45, 7) is 0.991. The first-order chi connectivity index (χ1) is 8.84. The monoisotopic (exact) mass is 350 g/mol. The normalized spacial score (nSPS) is 11.3. The van der Waals surface area contributed by atoms with Crippen molar-refractivity contribution in [3.63, 3.8) is 0 Å². The molecule has 0 unspecified atom stereocenters. The zero-order valence-electron chi connectivity index (χ0n) is 10.3. The quantitative estimate of drug-likeness (QED) is 0.743. The molecule has 0 atom stereocenters. The maximum absolute atomic E-state index is 11.8. The summed E-state index contributed by atoms with van der Waals surface area (Å²) in [6, 6.07) is 4.11. The highest BCUT2D eigenvalue weighted by atomic mass is 79.9. The van der Waals surface area contributed by atoms with Crippen LogP contribution in [0.15, 0.2) is 27.6 Å². The first-order valence-electron chi connectivity index (χ1n) is 5.45. The Hall–Kier alpha value is -0.960. The molecular formula is C11H15BrN2O4S. The molecule has 1 amide bonds. The third kappa shape index (κ3) is 5.27. The van der Waals surface area contributed by atoms with Crippen LogP contribution in [0.5, 0.6) is 0 Å². The average Bonchev–Trinajstić information content (AvgIpc) is 2.32. The number of rotatable bonds is 6. The zero-order chi connectivity index (χ0) is 14.5. The van der Waals surface area contributed by atoms with Crippen LogP contribution >= 0.6 is 15.9 Å². The lowest BCUT2D eigenvalue weighted by Crippen LogP contribution is -2.25. The van der Waals surface area contributed by atoms with Gasteiger partial charge in [-0.15, -0.1) is 0 Å². The molecule has 0 aromatic heterocycles. The highest BCUT2D eigenvalue weighted by Crippen LogP contribution is 2.18. The van der Waals surface area contributed by atoms with Crippen LogP contribution < -0.4 is 10.5 Å². The molecule has 1 aromatic carbocycles. The van der Waals surface area contributed by atoms with Crippen LogP contribution in [0.1, 0.15) is 16.8 Å². The van der Waals surface area contributed by atoms with Gasteiger partial charge in [0.25, 0.3) is 5.91 Å². The second kappa shape index (κ2) is 6.99. The summed E-state index contributed by atoms with van der Waals surface area (Å²) in [6.07, 6.45) is 0.679. The Labute approximate surface area is 120 Å². The van der Waals surface area contributed by atoms with E-state index in [4.69, 9.17) is 9.88 Å². The number of primary sulfonamides is 1. The molecule has 0 aliphatic carbocycles. The number of halogens is 1. The van der Waals surface area contributed by atoms with Gasteiger partial charge in [-0.1, -0.05) is 15.9 Å². The molecule has 19 heavy (non-hydrogen) atoms. The van der Waals surface area contributed by atoms with Gasteiger partial charge in [0.1, 0.15) is 0 Å². The first kappa shape index (κ1) is 16.1. The first-order valence-corrected chi connectivity index (χ1v) is 7.79. The fourth-order valence-electron chi connectivity index (χ4n) is 1.38. The van der Waals surface area contributed by atoms with E-state index in [2.05, 4.69) is 21.2 Å². The van der Waals surface area contributed by atoms with E-state index in [0.717, 1.165) is 0 Å². The molecule has 0 aliphatic heterocycles. The van der Waals surface area contributed by atoms with Crippen molar-refractivity contribution in [2.24, 2.45) is 5.14 Å². The molecule has 6 nitrogen and oxygen atoms in total. The number of nitrogens with one attached hydrogen (secondary N) is 1. The van der Waals surface area contributed by atoms with Crippen molar-refractivity contribution in [2.45, 2.75) is 11.3 Å². The summed E-state index contributed by atoms with van der Waals surface area (Å²) in [4.78, 5) is 11.7. The fraction of sp³-hybridized carbons (Fsp3) is 0.364. The van der Waals surface area contributed by atoms with Gasteiger partial charge in [0, 0.05) is 30.3 Å². The number of benzene rings is 1. The van der Waals surface area contributed by atoms with Crippen molar-refractivity contribution in [3.8, 4) is 0 Å². The van der Waals surface area contributed by atoms with E-state index < -0.39 is 10.0 Å². The van der Waals surface area contributed by atoms with Gasteiger partial charge in [0.15, 0.2) is 0 Å². The SMILES string of the molecule is COCCCNC(=O)c1cc(Br)cc(S(N)(=O)=O)c1. The minimum Gasteiger partial charge on any atom is -0.385 e. The topological polar surface area (TPSA) is 98.5 Å². The molecule has 3 N–H and O–H groups in total. The molecule has 0 spiro atoms. The van der Waals surface area contributed by atoms with Gasteiger partial charge in [-0.05, 0) is 24.6 Å². The van der Waals surface area contributed by atoms with Crippen LogP contribution in [-0.4, -0.2) is 34.6 Å². The van der Waals surface area contributed by atoms with E-state index in [1.165, 1.54) is 18.2 Å². The Morgan fingerprint density at radius 2 is 2.11 bits per heavy atom. The minimum atomic E-state index is -3.84. The predicted molar refractivity (Wildman–Crippen MR) is 74.3 cm³/mol. The lowest BCUT2D eigenvalue weighted by molar-refractivity contribution is 0.0948. The molecule has 106 valence electrons. The lowest BCUT2D eigenvalue weighted by Gasteiger charge is -2.07. The third-order valence-electron chi connectivity index (χ3n) is 2.27. The van der Waals surface area contributed by atoms with Crippen molar-refractivity contribution < 1.29 is 17.9 Å². The zero-order valence-corrected chi connectivity index (χ0v) is 12.8. The van der Waals surface area contributed by atoms with E-state index in [9.17, 15) is 13.2 Å². The molecule has 1 rings (SSSR count). The minimum absolute atomic E-state index is 0.107. The molecule has 0 heterocycles. The van der Waals surface area contributed by atoms with E-state index in [1.807, 2.05) is 0 Å². The largest absolute Gasteiger partial charge is 0.385 e. The van der Waals surface area contributed by atoms with Crippen molar-refractivity contribution >= 4 is 31.9 Å². The summed E-state index contributed by atoms with van der Waals surface area (Å²) in [5.41, 5.74) is 0.232. The molecule has 0 saturated carbocycles. The highest BCUT2D eigenvalue weighted by molar-refractivity contribution is 9.10. The summed E-state index contributed by atoms with van der Waals surface area (Å²) >= 11 is 3.15. The standard InChI is InChI=1S/C11H15BrN2O4S/c1-18-4-2-3-14-11(15)8-5-9(12)7-10(6-8)19(13,16)17/h5-7H,2-4H2,1H3,(H,14,15)(H2,13,16,17). The molecule has 8 heteroatoms. The molecule has 0 bridgehead atoms. The number of carbonyl (C=O) groups excluding carboxylic acids is 1. The van der Waals surface area contributed by atoms with E-state index in [0.29, 0.717) is 24.0 Å². The fourth-order valence-corrected chi connectivity index (χ4v) is 2.61. The number of hydrogen-bond donors (Lipinski definition) is 2. The van der Waals surface area contributed by atoms with Crippen LogP contribution in [0.2, 0.25) is 0 Å². The third-order valence-corrected chi connectivity index (χ3v) is 3.62. The van der Waals surface area contributed by atoms with Gasteiger partial charge in [-0.25, -0.2) is 13.6 Å². The van der Waals surface area contributed by atoms with Crippen molar-refractivity contribution in [1.82, 2.24) is 5.32 Å². The average molecular weight is 351 g/mol. The van der Waals surface area contributed by atoms with E-state index >= 15 is 0 Å². The number of hydrogen-bond acceptors (Lipinski definition) is 4. The highest BCUT2D eigenvalue weighted by Gasteiger charge is 2.13. The molecule has 0 saturated heterocycles. The van der Waals surface area contributed by atoms with Gasteiger partial charge >= 0.3 is 0 Å². The summed E-state index contributed by atoms with van der Waals surface area (Å²) < 4.78 is 27.9. The Morgan fingerprint density at radius 3 is 2.68 bits per heavy atom. The number of methoxy groups -OCH3 is 1. The van der Waals surface area contributed by atoms with Gasteiger partial charge in [-0.2, -0.15) is 0 Å². The summed E-state index contributed by atoms with van der Waals surface area (Å²) in [5, 5.41) is 7.70. The number of nitrogens with two attached hydrogens (primary N) is 1.